The highest BCUT2D eigenvalue weighted by molar-refractivity contribution is 7.65. The van der Waals surface area contributed by atoms with E-state index in [0.29, 0.717) is 30.9 Å². The molecule has 3 aliphatic rings. The highest BCUT2D eigenvalue weighted by atomic mass is 31.3. The summed E-state index contributed by atoms with van der Waals surface area (Å²) in [5, 5.41) is 42.7. The lowest BCUT2D eigenvalue weighted by Crippen LogP contribution is -2.31. The Morgan fingerprint density at radius 2 is 1.08 bits per heavy atom. The van der Waals surface area contributed by atoms with Crippen LogP contribution in [0.2, 0.25) is 0 Å². The van der Waals surface area contributed by atoms with Crippen LogP contribution in [-0.4, -0.2) is 135 Å². The standard InChI is InChI=1S/C15H26N3O14P3.C15H23N3O5.C10H15NO4.C6H12O2.C4H8O2.CH4/c1-2-3-4-5-13(20)16-12-6-7-18(15(21)17-12)14-8-10(19)11(30-14)9-29-34(25,26)32-35(27,28)31-33(22,23)24;1-2-3-4-5-13(21)16-12-6-7-18(15(22)17-12)14-8-10(20)11(9-19)23-14;1-2-3-4-5-10(14)15-11-8(12)6-7-9(11)13;1-2-3-4-5-6(7)8;1-3-6-4(2)5;/h6-7,10-11,14,19H,2-5,8-9H2,1H3,(H,25,26)(H,27,28)(H2,22,23,24)(H,16,17,20,21);6-7,10-11,14,19-20H,2-5,8-9H2,1H3,(H,16,17,21,22);2-7H2,1H3;2-5H2,1H3,(H,7,8);3H2,1-2H3;1H4/p-3/t2*10-,11-,14-;;;;/m11..../s1. The van der Waals surface area contributed by atoms with Gasteiger partial charge in [0.05, 0.1) is 32.0 Å². The van der Waals surface area contributed by atoms with Gasteiger partial charge in [0, 0.05) is 70.7 Å². The summed E-state index contributed by atoms with van der Waals surface area (Å²) in [5.41, 5.74) is -1.42. The van der Waals surface area contributed by atoms with Crippen molar-refractivity contribution in [3.8, 4) is 0 Å². The van der Waals surface area contributed by atoms with Crippen LogP contribution in [0.15, 0.2) is 34.1 Å². The van der Waals surface area contributed by atoms with Gasteiger partial charge in [-0.25, -0.2) is 23.0 Å². The molecule has 2 aromatic heterocycles. The van der Waals surface area contributed by atoms with Crippen LogP contribution < -0.4 is 36.7 Å². The molecule has 3 unspecified atom stereocenters. The zero-order valence-electron chi connectivity index (χ0n) is 49.3. The minimum Gasteiger partial charge on any atom is -0.756 e. The van der Waals surface area contributed by atoms with E-state index in [1.54, 1.807) is 6.92 Å². The number of hydrogen-bond donors (Lipinski definition) is 7. The van der Waals surface area contributed by atoms with Gasteiger partial charge in [-0.15, -0.1) is 5.06 Å². The average Bonchev–Trinajstić information content (AvgIpc) is 4.17. The van der Waals surface area contributed by atoms with E-state index < -0.39 is 102 Å². The molecule has 3 fully saturated rings. The number of imide groups is 1. The summed E-state index contributed by atoms with van der Waals surface area (Å²) in [6.07, 6.45) is 9.07. The number of anilines is 2. The second-order valence-corrected chi connectivity index (χ2v) is 23.5. The lowest BCUT2D eigenvalue weighted by molar-refractivity contribution is -0.250. The minimum absolute atomic E-state index is 0. The smallest absolute Gasteiger partial charge is 0.351 e. The fraction of sp³-hybridized carbons (Fsp3) is 0.706. The number of aliphatic hydroxyl groups excluding tert-OH is 3. The summed E-state index contributed by atoms with van der Waals surface area (Å²) in [6.45, 7) is 10.5. The molecule has 0 aliphatic carbocycles. The molecule has 0 saturated carbocycles. The van der Waals surface area contributed by atoms with Crippen LogP contribution in [0.1, 0.15) is 190 Å². The summed E-state index contributed by atoms with van der Waals surface area (Å²) in [7, 11) is -17.7. The number of esters is 1. The van der Waals surface area contributed by atoms with E-state index in [9.17, 15) is 81.7 Å². The number of amides is 4. The van der Waals surface area contributed by atoms with E-state index in [4.69, 9.17) is 24.6 Å². The van der Waals surface area contributed by atoms with Gasteiger partial charge in [-0.3, -0.25) is 51.6 Å². The van der Waals surface area contributed by atoms with Gasteiger partial charge in [-0.2, -0.15) is 9.97 Å². The number of aliphatic carboxylic acids is 1. The van der Waals surface area contributed by atoms with Gasteiger partial charge in [0.15, 0.2) is 0 Å². The normalized spacial score (nSPS) is 20.4. The Morgan fingerprint density at radius 3 is 1.44 bits per heavy atom. The molecule has 37 heteroatoms. The molecule has 7 N–H and O–H groups in total. The molecule has 4 amide bonds. The van der Waals surface area contributed by atoms with E-state index in [0.717, 1.165) is 75.2 Å². The van der Waals surface area contributed by atoms with Crippen molar-refractivity contribution in [3.05, 3.63) is 45.5 Å². The number of ether oxygens (including phenoxy) is 3. The topological polar surface area (TPSA) is 503 Å². The molecule has 3 saturated heterocycles. The minimum atomic E-state index is -6.07. The molecular weight excluding hydrogens is 1240 g/mol. The molecule has 0 spiro atoms. The molecule has 5 rings (SSSR count). The first-order chi connectivity index (χ1) is 40.8. The Morgan fingerprint density at radius 1 is 0.659 bits per heavy atom. The molecule has 0 radical (unpaired) electrons. The Labute approximate surface area is 509 Å². The largest absolute Gasteiger partial charge is 0.756 e. The quantitative estimate of drug-likeness (QED) is 0.0255. The first-order valence-corrected chi connectivity index (χ1v) is 32.5. The second-order valence-electron chi connectivity index (χ2n) is 19.2. The predicted octanol–water partition coefficient (Wildman–Crippen LogP) is 3.29. The first kappa shape index (κ1) is 82.5. The zero-order chi connectivity index (χ0) is 65.9. The highest BCUT2D eigenvalue weighted by Gasteiger charge is 2.38. The van der Waals surface area contributed by atoms with E-state index in [-0.39, 0.29) is 82.0 Å². The van der Waals surface area contributed by atoms with E-state index in [1.165, 1.54) is 36.0 Å². The van der Waals surface area contributed by atoms with Gasteiger partial charge < -0.3 is 74.2 Å². The summed E-state index contributed by atoms with van der Waals surface area (Å²) in [6, 6.07) is 2.83. The summed E-state index contributed by atoms with van der Waals surface area (Å²) >= 11 is 0. The molecule has 504 valence electrons. The number of aromatic nitrogens is 4. The lowest BCUT2D eigenvalue weighted by Gasteiger charge is -2.33. The van der Waals surface area contributed by atoms with Crippen LogP contribution in [0.3, 0.4) is 0 Å². The van der Waals surface area contributed by atoms with Gasteiger partial charge in [0.1, 0.15) is 36.3 Å². The molecule has 2 aromatic rings. The number of carboxylic acids is 1. The Hall–Kier alpha value is -5.54. The number of aliphatic hydroxyl groups is 3. The van der Waals surface area contributed by atoms with Crippen LogP contribution in [-0.2, 0) is 79.5 Å². The number of phosphoric acid groups is 3. The number of carboxylic acid groups (broad SMARTS) is 1. The number of nitrogens with one attached hydrogen (secondary N) is 2. The highest BCUT2D eigenvalue weighted by Crippen LogP contribution is 2.61. The molecule has 0 bridgehead atoms. The van der Waals surface area contributed by atoms with Crippen molar-refractivity contribution in [2.45, 2.75) is 214 Å². The molecular formula is C51H85N7O27P3-3. The second kappa shape index (κ2) is 43.2. The van der Waals surface area contributed by atoms with Crippen LogP contribution in [0.5, 0.6) is 0 Å². The number of hydrogen-bond acceptors (Lipinski definition) is 27. The maximum Gasteiger partial charge on any atom is 0.351 e. The van der Waals surface area contributed by atoms with Gasteiger partial charge in [0.25, 0.3) is 35.3 Å². The monoisotopic (exact) mass is 1320 g/mol. The molecule has 34 nitrogen and oxygen atoms in total. The van der Waals surface area contributed by atoms with Crippen LogP contribution in [0.4, 0.5) is 11.6 Å². The van der Waals surface area contributed by atoms with Crippen molar-refractivity contribution in [2.24, 2.45) is 0 Å². The number of unbranched alkanes of at least 4 members (excludes halogenated alkanes) is 8. The van der Waals surface area contributed by atoms with Crippen molar-refractivity contribution in [1.82, 2.24) is 24.2 Å². The van der Waals surface area contributed by atoms with Crippen molar-refractivity contribution >= 4 is 76.6 Å². The number of nitrogens with zero attached hydrogens (tertiary/aromatic N) is 5. The zero-order valence-corrected chi connectivity index (χ0v) is 52.0. The van der Waals surface area contributed by atoms with Crippen molar-refractivity contribution < 1.29 is 119 Å². The Balaban J connectivity index is 0.00000122. The molecule has 5 heterocycles. The first-order valence-electron chi connectivity index (χ1n) is 28.1. The third-order valence-corrected chi connectivity index (χ3v) is 15.4. The van der Waals surface area contributed by atoms with Gasteiger partial charge >= 0.3 is 29.3 Å². The fourth-order valence-corrected chi connectivity index (χ4v) is 10.4. The van der Waals surface area contributed by atoms with Gasteiger partial charge in [0.2, 0.25) is 11.8 Å². The van der Waals surface area contributed by atoms with Crippen molar-refractivity contribution in [1.29, 1.82) is 0 Å². The third-order valence-electron chi connectivity index (χ3n) is 11.7. The number of carbonyl (C=O) groups excluding carboxylic acids is 6. The lowest BCUT2D eigenvalue weighted by atomic mass is 10.2. The maximum atomic E-state index is 12.3. The van der Waals surface area contributed by atoms with Crippen LogP contribution >= 0.6 is 23.5 Å². The SMILES string of the molecule is C.CCCCCC(=O)Nc1ccn([C@H]2C[C@@H](O)[C@@H](CO)O2)c(=O)n1.CCCCCC(=O)Nc1ccn([C@H]2C[C@@H](O)[C@@H](COP(=O)([O-])OP(=O)([O-])OP(=O)([O-])O)O2)c(=O)n1.CCCCCC(=O)O.CCCCCC(=O)ON1C(=O)CCC1=O.CCOC(C)=O. The molecule has 0 aromatic carbocycles. The summed E-state index contributed by atoms with van der Waals surface area (Å²) in [5.74, 6) is -2.54. The maximum absolute atomic E-state index is 12.3. The van der Waals surface area contributed by atoms with Crippen LogP contribution in [0.25, 0.3) is 0 Å². The van der Waals surface area contributed by atoms with Crippen molar-refractivity contribution in [3.63, 3.8) is 0 Å². The Kier molecular flexibility index (Phi) is 40.5. The number of rotatable bonds is 30. The number of carbonyl (C=O) groups is 7. The Bertz CT molecular complexity index is 2750. The number of hydroxylamine groups is 2. The third kappa shape index (κ3) is 35.0. The van der Waals surface area contributed by atoms with E-state index in [1.807, 2.05) is 13.8 Å². The fourth-order valence-electron chi connectivity index (χ4n) is 7.48. The summed E-state index contributed by atoms with van der Waals surface area (Å²) in [4.78, 5) is 155. The average molecular weight is 1320 g/mol. The number of phosphoric ester groups is 1. The van der Waals surface area contributed by atoms with Gasteiger partial charge in [-0.05, 0) is 44.7 Å². The van der Waals surface area contributed by atoms with Crippen LogP contribution in [0, 0.1) is 0 Å². The molecule has 9 atom stereocenters. The van der Waals surface area contributed by atoms with Crippen molar-refractivity contribution in [2.75, 3.05) is 30.5 Å². The predicted molar refractivity (Wildman–Crippen MR) is 304 cm³/mol. The van der Waals surface area contributed by atoms with Gasteiger partial charge in [-0.1, -0.05) is 86.5 Å². The van der Waals surface area contributed by atoms with E-state index in [2.05, 4.69) is 57.2 Å². The van der Waals surface area contributed by atoms with E-state index >= 15 is 0 Å². The molecule has 3 aliphatic heterocycles. The summed E-state index contributed by atoms with van der Waals surface area (Å²) < 4.78 is 61.5. The molecule has 88 heavy (non-hydrogen) atoms.